The summed E-state index contributed by atoms with van der Waals surface area (Å²) in [5, 5.41) is 3.60. The summed E-state index contributed by atoms with van der Waals surface area (Å²) in [5.41, 5.74) is 0.373. The van der Waals surface area contributed by atoms with Gasteiger partial charge in [-0.05, 0) is 50.7 Å². The SMILES string of the molecule is CC(C)NCC(C)(C)CN1CCC2C(CCCN2C)C1. The van der Waals surface area contributed by atoms with E-state index in [1.807, 2.05) is 0 Å². The van der Waals surface area contributed by atoms with Crippen molar-refractivity contribution in [3.05, 3.63) is 0 Å². The van der Waals surface area contributed by atoms with Gasteiger partial charge in [0.05, 0.1) is 0 Å². The molecule has 2 saturated heterocycles. The molecular weight excluding hydrogens is 246 g/mol. The Kier molecular flexibility index (Phi) is 5.49. The molecule has 0 saturated carbocycles. The van der Waals surface area contributed by atoms with Gasteiger partial charge in [0.2, 0.25) is 0 Å². The van der Waals surface area contributed by atoms with Crippen LogP contribution in [0.3, 0.4) is 0 Å². The van der Waals surface area contributed by atoms with Crippen LogP contribution in [-0.4, -0.2) is 61.7 Å². The van der Waals surface area contributed by atoms with Crippen LogP contribution in [0.5, 0.6) is 0 Å². The van der Waals surface area contributed by atoms with Gasteiger partial charge in [0, 0.05) is 31.7 Å². The van der Waals surface area contributed by atoms with Crippen LogP contribution >= 0.6 is 0 Å². The largest absolute Gasteiger partial charge is 0.314 e. The summed E-state index contributed by atoms with van der Waals surface area (Å²) in [7, 11) is 2.32. The van der Waals surface area contributed by atoms with E-state index in [1.54, 1.807) is 0 Å². The van der Waals surface area contributed by atoms with Crippen LogP contribution < -0.4 is 5.32 Å². The first-order valence-electron chi connectivity index (χ1n) is 8.53. The van der Waals surface area contributed by atoms with Gasteiger partial charge in [0.25, 0.3) is 0 Å². The van der Waals surface area contributed by atoms with Crippen LogP contribution in [0.1, 0.15) is 47.0 Å². The van der Waals surface area contributed by atoms with Crippen LogP contribution in [-0.2, 0) is 0 Å². The first-order valence-corrected chi connectivity index (χ1v) is 8.53. The van der Waals surface area contributed by atoms with E-state index in [2.05, 4.69) is 49.9 Å². The predicted molar refractivity (Wildman–Crippen MR) is 87.1 cm³/mol. The second kappa shape index (κ2) is 6.76. The number of hydrogen-bond acceptors (Lipinski definition) is 3. The molecule has 0 aromatic rings. The fourth-order valence-electron chi connectivity index (χ4n) is 4.01. The van der Waals surface area contributed by atoms with Crippen LogP contribution in [0.4, 0.5) is 0 Å². The van der Waals surface area contributed by atoms with E-state index in [0.717, 1.165) is 18.5 Å². The van der Waals surface area contributed by atoms with Crippen LogP contribution in [0.25, 0.3) is 0 Å². The third-order valence-electron chi connectivity index (χ3n) is 5.07. The highest BCUT2D eigenvalue weighted by molar-refractivity contribution is 4.90. The zero-order valence-corrected chi connectivity index (χ0v) is 14.3. The van der Waals surface area contributed by atoms with E-state index in [-0.39, 0.29) is 0 Å². The summed E-state index contributed by atoms with van der Waals surface area (Å²) >= 11 is 0. The fraction of sp³-hybridized carbons (Fsp3) is 1.00. The highest BCUT2D eigenvalue weighted by atomic mass is 15.2. The molecule has 0 amide bonds. The smallest absolute Gasteiger partial charge is 0.0145 e. The van der Waals surface area contributed by atoms with E-state index < -0.39 is 0 Å². The minimum atomic E-state index is 0.373. The Morgan fingerprint density at radius 3 is 2.65 bits per heavy atom. The predicted octanol–water partition coefficient (Wildman–Crippen LogP) is 2.43. The topological polar surface area (TPSA) is 18.5 Å². The minimum Gasteiger partial charge on any atom is -0.314 e. The molecule has 118 valence electrons. The van der Waals surface area contributed by atoms with E-state index >= 15 is 0 Å². The standard InChI is InChI=1S/C17H35N3/c1-14(2)18-12-17(3,4)13-20-10-8-16-15(11-20)7-6-9-19(16)5/h14-16,18H,6-13H2,1-5H3. The Morgan fingerprint density at radius 2 is 1.95 bits per heavy atom. The maximum Gasteiger partial charge on any atom is 0.0145 e. The second-order valence-corrected chi connectivity index (χ2v) is 8.17. The highest BCUT2D eigenvalue weighted by Crippen LogP contribution is 2.31. The average molecular weight is 281 g/mol. The lowest BCUT2D eigenvalue weighted by Gasteiger charge is -2.47. The average Bonchev–Trinajstić information content (AvgIpc) is 2.36. The van der Waals surface area contributed by atoms with Crippen molar-refractivity contribution in [3.63, 3.8) is 0 Å². The number of rotatable bonds is 5. The first-order chi connectivity index (χ1) is 9.37. The van der Waals surface area contributed by atoms with Crippen molar-refractivity contribution in [2.24, 2.45) is 11.3 Å². The van der Waals surface area contributed by atoms with Gasteiger partial charge < -0.3 is 15.1 Å². The number of likely N-dealkylation sites (tertiary alicyclic amines) is 2. The monoisotopic (exact) mass is 281 g/mol. The third-order valence-corrected chi connectivity index (χ3v) is 5.07. The third kappa shape index (κ3) is 4.44. The molecule has 3 nitrogen and oxygen atoms in total. The molecule has 0 aromatic carbocycles. The molecule has 0 bridgehead atoms. The minimum absolute atomic E-state index is 0.373. The molecule has 2 atom stereocenters. The van der Waals surface area contributed by atoms with Crippen molar-refractivity contribution in [2.45, 2.75) is 59.0 Å². The summed E-state index contributed by atoms with van der Waals surface area (Å²) in [6, 6.07) is 1.45. The summed E-state index contributed by atoms with van der Waals surface area (Å²) < 4.78 is 0. The van der Waals surface area contributed by atoms with E-state index in [4.69, 9.17) is 0 Å². The zero-order valence-electron chi connectivity index (χ0n) is 14.3. The summed E-state index contributed by atoms with van der Waals surface area (Å²) in [6.07, 6.45) is 4.20. The van der Waals surface area contributed by atoms with Gasteiger partial charge in [-0.2, -0.15) is 0 Å². The van der Waals surface area contributed by atoms with Crippen LogP contribution in [0.2, 0.25) is 0 Å². The molecule has 0 aliphatic carbocycles. The molecule has 2 unspecified atom stereocenters. The molecule has 2 heterocycles. The molecule has 20 heavy (non-hydrogen) atoms. The molecule has 1 N–H and O–H groups in total. The van der Waals surface area contributed by atoms with Crippen LogP contribution in [0.15, 0.2) is 0 Å². The second-order valence-electron chi connectivity index (χ2n) is 8.17. The Hall–Kier alpha value is -0.120. The van der Waals surface area contributed by atoms with Gasteiger partial charge in [0.1, 0.15) is 0 Å². The Labute approximate surface area is 126 Å². The molecular formula is C17H35N3. The van der Waals surface area contributed by atoms with Crippen molar-refractivity contribution in [3.8, 4) is 0 Å². The van der Waals surface area contributed by atoms with Gasteiger partial charge in [-0.1, -0.05) is 27.7 Å². The van der Waals surface area contributed by atoms with Crippen molar-refractivity contribution in [2.75, 3.05) is 39.8 Å². The number of fused-ring (bicyclic) bond motifs is 1. The Morgan fingerprint density at radius 1 is 1.20 bits per heavy atom. The number of nitrogens with one attached hydrogen (secondary N) is 1. The number of nitrogens with zero attached hydrogens (tertiary/aromatic N) is 2. The lowest BCUT2D eigenvalue weighted by atomic mass is 9.83. The number of hydrogen-bond donors (Lipinski definition) is 1. The summed E-state index contributed by atoms with van der Waals surface area (Å²) in [6.45, 7) is 15.6. The molecule has 2 aliphatic heterocycles. The molecule has 2 fully saturated rings. The lowest BCUT2D eigenvalue weighted by Crippen LogP contribution is -2.54. The van der Waals surface area contributed by atoms with Crippen molar-refractivity contribution in [1.29, 1.82) is 0 Å². The van der Waals surface area contributed by atoms with Crippen molar-refractivity contribution in [1.82, 2.24) is 15.1 Å². The fourth-order valence-corrected chi connectivity index (χ4v) is 4.01. The van der Waals surface area contributed by atoms with Gasteiger partial charge in [-0.15, -0.1) is 0 Å². The van der Waals surface area contributed by atoms with Crippen molar-refractivity contribution < 1.29 is 0 Å². The molecule has 2 rings (SSSR count). The van der Waals surface area contributed by atoms with Crippen LogP contribution in [0, 0.1) is 11.3 Å². The quantitative estimate of drug-likeness (QED) is 0.835. The highest BCUT2D eigenvalue weighted by Gasteiger charge is 2.35. The Balaban J connectivity index is 1.82. The van der Waals surface area contributed by atoms with E-state index in [9.17, 15) is 0 Å². The molecule has 0 spiro atoms. The van der Waals surface area contributed by atoms with Crippen molar-refractivity contribution >= 4 is 0 Å². The number of piperidine rings is 2. The van der Waals surface area contributed by atoms with E-state index in [1.165, 1.54) is 45.4 Å². The lowest BCUT2D eigenvalue weighted by molar-refractivity contribution is 0.0238. The molecule has 0 radical (unpaired) electrons. The summed E-state index contributed by atoms with van der Waals surface area (Å²) in [5.74, 6) is 0.913. The maximum atomic E-state index is 3.60. The molecule has 0 aromatic heterocycles. The maximum absolute atomic E-state index is 3.60. The Bertz CT molecular complexity index is 301. The van der Waals surface area contributed by atoms with Gasteiger partial charge in [-0.25, -0.2) is 0 Å². The van der Waals surface area contributed by atoms with Gasteiger partial charge >= 0.3 is 0 Å². The first kappa shape index (κ1) is 16.3. The van der Waals surface area contributed by atoms with Gasteiger partial charge in [-0.3, -0.25) is 0 Å². The normalized spacial score (nSPS) is 29.7. The zero-order chi connectivity index (χ0) is 14.8. The summed E-state index contributed by atoms with van der Waals surface area (Å²) in [4.78, 5) is 5.33. The molecule has 3 heteroatoms. The van der Waals surface area contributed by atoms with E-state index in [0.29, 0.717) is 11.5 Å². The molecule has 2 aliphatic rings. The van der Waals surface area contributed by atoms with Gasteiger partial charge in [0.15, 0.2) is 0 Å².